The third-order valence-electron chi connectivity index (χ3n) is 5.94. The maximum atomic E-state index is 12.5. The molecule has 0 amide bonds. The second-order valence-electron chi connectivity index (χ2n) is 9.64. The first-order valence-electron chi connectivity index (χ1n) is 11.8. The number of hydrogen-bond donors (Lipinski definition) is 0. The van der Waals surface area contributed by atoms with Crippen LogP contribution >= 0.6 is 27.7 Å². The lowest BCUT2D eigenvalue weighted by molar-refractivity contribution is 0.0982. The fraction of sp³-hybridized carbons (Fsp3) is 0.276. The summed E-state index contributed by atoms with van der Waals surface area (Å²) >= 11 is 5.06. The van der Waals surface area contributed by atoms with E-state index in [4.69, 9.17) is 0 Å². The quantitative estimate of drug-likeness (QED) is 0.127. The van der Waals surface area contributed by atoms with Gasteiger partial charge in [-0.2, -0.15) is 0 Å². The Balaban J connectivity index is 1.55. The van der Waals surface area contributed by atoms with Crippen molar-refractivity contribution in [2.75, 3.05) is 5.75 Å². The fourth-order valence-electron chi connectivity index (χ4n) is 3.88. The molecule has 4 nitrogen and oxygen atoms in total. The number of aromatic nitrogens is 3. The lowest BCUT2D eigenvalue weighted by atomic mass is 9.87. The van der Waals surface area contributed by atoms with Gasteiger partial charge >= 0.3 is 0 Å². The van der Waals surface area contributed by atoms with Crippen LogP contribution in [0.25, 0.3) is 17.1 Å². The van der Waals surface area contributed by atoms with E-state index in [1.807, 2.05) is 36.4 Å². The molecule has 0 aliphatic rings. The zero-order valence-electron chi connectivity index (χ0n) is 20.6. The maximum absolute atomic E-state index is 12.5. The number of hydrogen-bond acceptors (Lipinski definition) is 4. The van der Waals surface area contributed by atoms with E-state index in [0.717, 1.165) is 50.0 Å². The molecule has 4 rings (SSSR count). The highest BCUT2D eigenvalue weighted by Gasteiger charge is 2.19. The van der Waals surface area contributed by atoms with Gasteiger partial charge < -0.3 is 0 Å². The Bertz CT molecular complexity index is 1310. The van der Waals surface area contributed by atoms with Gasteiger partial charge in [-0.25, -0.2) is 0 Å². The summed E-state index contributed by atoms with van der Waals surface area (Å²) in [5.74, 6) is 1.78. The molecule has 0 fully saturated rings. The van der Waals surface area contributed by atoms with Gasteiger partial charge in [-0.3, -0.25) is 9.36 Å². The van der Waals surface area contributed by atoms with Crippen LogP contribution in [0.2, 0.25) is 0 Å². The molecule has 6 heteroatoms. The fourth-order valence-corrected chi connectivity index (χ4v) is 5.03. The minimum atomic E-state index is 0.0942. The van der Waals surface area contributed by atoms with Gasteiger partial charge in [0.05, 0.1) is 5.69 Å². The van der Waals surface area contributed by atoms with Gasteiger partial charge in [0, 0.05) is 27.8 Å². The summed E-state index contributed by atoms with van der Waals surface area (Å²) in [6, 6.07) is 24.4. The minimum absolute atomic E-state index is 0.0942. The number of carbonyl (C=O) groups excluding carboxylic acids is 1. The van der Waals surface area contributed by atoms with E-state index in [1.54, 1.807) is 11.8 Å². The Kier molecular flexibility index (Phi) is 7.92. The molecule has 0 atom stereocenters. The second-order valence-corrected chi connectivity index (χ2v) is 11.6. The third-order valence-corrected chi connectivity index (χ3v) is 7.49. The average molecular weight is 549 g/mol. The molecule has 1 aromatic heterocycles. The van der Waals surface area contributed by atoms with E-state index in [2.05, 4.69) is 94.8 Å². The van der Waals surface area contributed by atoms with Crippen LogP contribution in [0.4, 0.5) is 0 Å². The molecule has 0 aliphatic heterocycles. The number of ketones is 1. The highest BCUT2D eigenvalue weighted by Crippen LogP contribution is 2.31. The van der Waals surface area contributed by atoms with Crippen LogP contribution in [0.1, 0.15) is 55.1 Å². The van der Waals surface area contributed by atoms with E-state index in [-0.39, 0.29) is 11.2 Å². The van der Waals surface area contributed by atoms with Crippen molar-refractivity contribution in [2.24, 2.45) is 0 Å². The van der Waals surface area contributed by atoms with Gasteiger partial charge in [-0.15, -0.1) is 10.2 Å². The van der Waals surface area contributed by atoms with Crippen LogP contribution in [0.5, 0.6) is 0 Å². The summed E-state index contributed by atoms with van der Waals surface area (Å²) < 4.78 is 3.12. The van der Waals surface area contributed by atoms with Crippen LogP contribution < -0.4 is 0 Å². The van der Waals surface area contributed by atoms with E-state index in [1.165, 1.54) is 5.56 Å². The first kappa shape index (κ1) is 25.4. The van der Waals surface area contributed by atoms with Crippen molar-refractivity contribution in [3.8, 4) is 17.1 Å². The van der Waals surface area contributed by atoms with Crippen LogP contribution in [0.15, 0.2) is 82.4 Å². The summed E-state index contributed by atoms with van der Waals surface area (Å²) in [6.45, 7) is 8.75. The van der Waals surface area contributed by atoms with Gasteiger partial charge in [0.25, 0.3) is 0 Å². The van der Waals surface area contributed by atoms with Gasteiger partial charge in [0.1, 0.15) is 0 Å². The van der Waals surface area contributed by atoms with Crippen molar-refractivity contribution in [2.45, 2.75) is 51.1 Å². The number of carbonyl (C=O) groups is 1. The van der Waals surface area contributed by atoms with Crippen molar-refractivity contribution in [3.05, 3.63) is 94.0 Å². The smallest absolute Gasteiger partial charge is 0.196 e. The molecule has 0 saturated heterocycles. The largest absolute Gasteiger partial charge is 0.294 e. The number of para-hydroxylation sites is 1. The normalized spacial score (nSPS) is 11.6. The molecular weight excluding hydrogens is 518 g/mol. The lowest BCUT2D eigenvalue weighted by Crippen LogP contribution is -2.10. The molecule has 0 N–H and O–H groups in total. The van der Waals surface area contributed by atoms with Gasteiger partial charge in [0.2, 0.25) is 0 Å². The topological polar surface area (TPSA) is 47.8 Å². The Labute approximate surface area is 220 Å². The highest BCUT2D eigenvalue weighted by atomic mass is 79.9. The number of Topliss-reactive ketones (excluding diaryl/α,β-unsaturated/α-hetero) is 1. The number of thioether (sulfide) groups is 1. The van der Waals surface area contributed by atoms with Gasteiger partial charge in [0.15, 0.2) is 16.8 Å². The van der Waals surface area contributed by atoms with Gasteiger partial charge in [-0.1, -0.05) is 103 Å². The number of benzene rings is 3. The maximum Gasteiger partial charge on any atom is 0.196 e. The average Bonchev–Trinajstić information content (AvgIpc) is 3.25. The molecule has 0 aliphatic carbocycles. The highest BCUT2D eigenvalue weighted by molar-refractivity contribution is 9.10. The molecule has 0 radical (unpaired) electrons. The minimum Gasteiger partial charge on any atom is -0.294 e. The number of aryl methyl sites for hydroxylation is 1. The Morgan fingerprint density at radius 2 is 1.63 bits per heavy atom. The van der Waals surface area contributed by atoms with Crippen molar-refractivity contribution < 1.29 is 4.79 Å². The summed E-state index contributed by atoms with van der Waals surface area (Å²) in [7, 11) is 0. The van der Waals surface area contributed by atoms with E-state index in [9.17, 15) is 4.79 Å². The molecule has 35 heavy (non-hydrogen) atoms. The van der Waals surface area contributed by atoms with Crippen molar-refractivity contribution in [1.29, 1.82) is 0 Å². The van der Waals surface area contributed by atoms with Crippen LogP contribution in [0, 0.1) is 6.92 Å². The third kappa shape index (κ3) is 6.11. The Hall–Kier alpha value is -2.70. The van der Waals surface area contributed by atoms with E-state index >= 15 is 0 Å². The monoisotopic (exact) mass is 547 g/mol. The number of rotatable bonds is 8. The molecule has 180 valence electrons. The summed E-state index contributed by atoms with van der Waals surface area (Å²) in [6.07, 6.45) is 1.28. The van der Waals surface area contributed by atoms with Crippen LogP contribution in [-0.4, -0.2) is 26.3 Å². The lowest BCUT2D eigenvalue weighted by Gasteiger charge is -2.19. The first-order valence-corrected chi connectivity index (χ1v) is 13.6. The molecule has 1 heterocycles. The standard InChI is InChI=1S/C29H30BrN3OS/c1-20-8-5-6-9-25(20)33-27(22-11-15-23(16-12-22)29(2,3)4)31-32-28(33)35-19-7-10-26(34)21-13-17-24(30)18-14-21/h5-6,8-9,11-18H,7,10,19H2,1-4H3. The van der Waals surface area contributed by atoms with Crippen molar-refractivity contribution in [3.63, 3.8) is 0 Å². The summed E-state index contributed by atoms with van der Waals surface area (Å²) in [5, 5.41) is 9.98. The molecular formula is C29H30BrN3OS. The molecule has 0 saturated carbocycles. The summed E-state index contributed by atoms with van der Waals surface area (Å²) in [4.78, 5) is 12.5. The molecule has 0 unspecified atom stereocenters. The molecule has 3 aromatic carbocycles. The second kappa shape index (κ2) is 10.9. The van der Waals surface area contributed by atoms with Crippen LogP contribution in [0.3, 0.4) is 0 Å². The molecule has 0 spiro atoms. The Morgan fingerprint density at radius 1 is 0.943 bits per heavy atom. The van der Waals surface area contributed by atoms with E-state index in [0.29, 0.717) is 6.42 Å². The van der Waals surface area contributed by atoms with Crippen molar-refractivity contribution >= 4 is 33.5 Å². The predicted octanol–water partition coefficient (Wildman–Crippen LogP) is 8.06. The first-order chi connectivity index (χ1) is 16.7. The predicted molar refractivity (Wildman–Crippen MR) is 149 cm³/mol. The SMILES string of the molecule is Cc1ccccc1-n1c(SCCCC(=O)c2ccc(Br)cc2)nnc1-c1ccc(C(C)(C)C)cc1. The van der Waals surface area contributed by atoms with Crippen LogP contribution in [-0.2, 0) is 5.41 Å². The van der Waals surface area contributed by atoms with E-state index < -0.39 is 0 Å². The summed E-state index contributed by atoms with van der Waals surface area (Å²) in [5.41, 5.74) is 5.39. The Morgan fingerprint density at radius 3 is 2.29 bits per heavy atom. The zero-order chi connectivity index (χ0) is 25.0. The zero-order valence-corrected chi connectivity index (χ0v) is 23.0. The van der Waals surface area contributed by atoms with Crippen molar-refractivity contribution in [1.82, 2.24) is 14.8 Å². The van der Waals surface area contributed by atoms with Gasteiger partial charge in [-0.05, 0) is 48.1 Å². The number of halogens is 1. The number of nitrogens with zero attached hydrogens (tertiary/aromatic N) is 3. The molecule has 4 aromatic rings. The molecule has 0 bridgehead atoms.